The largest absolute Gasteiger partial charge is 0.384 e. The molecule has 0 aromatic heterocycles. The first kappa shape index (κ1) is 11.4. The summed E-state index contributed by atoms with van der Waals surface area (Å²) >= 11 is 22.2. The summed E-state index contributed by atoms with van der Waals surface area (Å²) in [6.07, 6.45) is -1.14. The second kappa shape index (κ2) is 4.24. The Bertz CT molecular complexity index is 277. The second-order valence-corrected chi connectivity index (χ2v) is 5.30. The first-order valence-corrected chi connectivity index (χ1v) is 4.92. The van der Waals surface area contributed by atoms with Crippen LogP contribution in [-0.4, -0.2) is 8.90 Å². The molecule has 0 aliphatic rings. The smallest absolute Gasteiger partial charge is 0.220 e. The number of rotatable bonds is 1. The highest BCUT2D eigenvalue weighted by Crippen LogP contribution is 2.39. The van der Waals surface area contributed by atoms with Gasteiger partial charge < -0.3 is 5.11 Å². The van der Waals surface area contributed by atoms with Crippen molar-refractivity contribution in [3.63, 3.8) is 0 Å². The molecule has 72 valence electrons. The second-order valence-electron chi connectivity index (χ2n) is 2.50. The standard InChI is InChI=1S/C8H6Cl4O/c9-6-3-1-5(2-4-6)7(13)8(10,11)12/h1-4,7,13H/t7-/m0/s1. The van der Waals surface area contributed by atoms with Gasteiger partial charge in [-0.15, -0.1) is 0 Å². The Morgan fingerprint density at radius 3 is 1.92 bits per heavy atom. The molecule has 1 aromatic carbocycles. The van der Waals surface area contributed by atoms with Crippen molar-refractivity contribution in [3.05, 3.63) is 34.9 Å². The summed E-state index contributed by atoms with van der Waals surface area (Å²) in [6, 6.07) is 6.46. The molecule has 0 saturated heterocycles. The Morgan fingerprint density at radius 2 is 1.54 bits per heavy atom. The Kier molecular flexibility index (Phi) is 3.73. The Balaban J connectivity index is 2.90. The molecular weight excluding hydrogens is 254 g/mol. The fraction of sp³-hybridized carbons (Fsp3) is 0.250. The van der Waals surface area contributed by atoms with Gasteiger partial charge in [-0.2, -0.15) is 0 Å². The van der Waals surface area contributed by atoms with Crippen molar-refractivity contribution in [2.45, 2.75) is 9.90 Å². The van der Waals surface area contributed by atoms with E-state index in [-0.39, 0.29) is 0 Å². The molecule has 1 nitrogen and oxygen atoms in total. The van der Waals surface area contributed by atoms with E-state index in [0.29, 0.717) is 10.6 Å². The third-order valence-corrected chi connectivity index (χ3v) is 2.37. The van der Waals surface area contributed by atoms with Crippen molar-refractivity contribution in [1.82, 2.24) is 0 Å². The molecule has 0 aliphatic carbocycles. The lowest BCUT2D eigenvalue weighted by Gasteiger charge is -2.18. The van der Waals surface area contributed by atoms with Crippen LogP contribution in [0.3, 0.4) is 0 Å². The zero-order chi connectivity index (χ0) is 10.1. The maximum Gasteiger partial charge on any atom is 0.220 e. The number of halogens is 4. The first-order chi connectivity index (χ1) is 5.91. The molecule has 1 atom stereocenters. The molecule has 0 unspecified atom stereocenters. The number of alkyl halides is 3. The van der Waals surface area contributed by atoms with Crippen LogP contribution in [0, 0.1) is 0 Å². The number of aliphatic hydroxyl groups is 1. The minimum atomic E-state index is -1.71. The summed E-state index contributed by atoms with van der Waals surface area (Å²) in [5, 5.41) is 10.1. The van der Waals surface area contributed by atoms with Crippen LogP contribution in [0.25, 0.3) is 0 Å². The number of aliphatic hydroxyl groups excluding tert-OH is 1. The van der Waals surface area contributed by atoms with Gasteiger partial charge in [-0.1, -0.05) is 58.5 Å². The molecule has 0 heterocycles. The highest BCUT2D eigenvalue weighted by atomic mass is 35.6. The van der Waals surface area contributed by atoms with Gasteiger partial charge in [0, 0.05) is 5.02 Å². The van der Waals surface area contributed by atoms with Crippen LogP contribution in [-0.2, 0) is 0 Å². The van der Waals surface area contributed by atoms with E-state index >= 15 is 0 Å². The van der Waals surface area contributed by atoms with Gasteiger partial charge >= 0.3 is 0 Å². The van der Waals surface area contributed by atoms with E-state index in [2.05, 4.69) is 0 Å². The van der Waals surface area contributed by atoms with E-state index < -0.39 is 9.90 Å². The average molecular weight is 260 g/mol. The SMILES string of the molecule is O[C@@H](c1ccc(Cl)cc1)C(Cl)(Cl)Cl. The fourth-order valence-electron chi connectivity index (χ4n) is 0.834. The summed E-state index contributed by atoms with van der Waals surface area (Å²) in [4.78, 5) is 0. The van der Waals surface area contributed by atoms with Gasteiger partial charge in [0.15, 0.2) is 0 Å². The van der Waals surface area contributed by atoms with Gasteiger partial charge in [-0.25, -0.2) is 0 Å². The lowest BCUT2D eigenvalue weighted by Crippen LogP contribution is -2.16. The van der Waals surface area contributed by atoms with E-state index in [0.717, 1.165) is 0 Å². The molecule has 0 spiro atoms. The maximum absolute atomic E-state index is 9.51. The lowest BCUT2D eigenvalue weighted by atomic mass is 10.1. The molecule has 0 radical (unpaired) electrons. The number of benzene rings is 1. The van der Waals surface area contributed by atoms with Crippen molar-refractivity contribution >= 4 is 46.4 Å². The zero-order valence-electron chi connectivity index (χ0n) is 6.35. The van der Waals surface area contributed by atoms with Crippen LogP contribution in [0.5, 0.6) is 0 Å². The molecule has 0 amide bonds. The van der Waals surface area contributed by atoms with E-state index in [4.69, 9.17) is 46.4 Å². The average Bonchev–Trinajstić information content (AvgIpc) is 2.03. The Labute approximate surface area is 96.2 Å². The predicted molar refractivity (Wildman–Crippen MR) is 56.7 cm³/mol. The first-order valence-electron chi connectivity index (χ1n) is 3.41. The highest BCUT2D eigenvalue weighted by molar-refractivity contribution is 6.68. The van der Waals surface area contributed by atoms with E-state index in [9.17, 15) is 5.11 Å². The molecule has 1 aromatic rings. The summed E-state index contributed by atoms with van der Waals surface area (Å²) in [5.41, 5.74) is 0.518. The zero-order valence-corrected chi connectivity index (χ0v) is 9.37. The van der Waals surface area contributed by atoms with Crippen LogP contribution in [0.2, 0.25) is 5.02 Å². The predicted octanol–water partition coefficient (Wildman–Crippen LogP) is 3.74. The van der Waals surface area contributed by atoms with Crippen molar-refractivity contribution in [1.29, 1.82) is 0 Å². The molecule has 13 heavy (non-hydrogen) atoms. The summed E-state index contributed by atoms with van der Waals surface area (Å²) < 4.78 is -1.71. The molecule has 0 fully saturated rings. The summed E-state index contributed by atoms with van der Waals surface area (Å²) in [7, 11) is 0. The van der Waals surface area contributed by atoms with Gasteiger partial charge in [0.2, 0.25) is 3.79 Å². The van der Waals surface area contributed by atoms with Gasteiger partial charge in [0.05, 0.1) is 0 Å². The fourth-order valence-corrected chi connectivity index (χ4v) is 1.34. The molecule has 0 bridgehead atoms. The highest BCUT2D eigenvalue weighted by Gasteiger charge is 2.31. The topological polar surface area (TPSA) is 20.2 Å². The van der Waals surface area contributed by atoms with Crippen LogP contribution < -0.4 is 0 Å². The number of hydrogen-bond donors (Lipinski definition) is 1. The third kappa shape index (κ3) is 3.19. The molecule has 1 N–H and O–H groups in total. The summed E-state index contributed by atoms with van der Waals surface area (Å²) in [5.74, 6) is 0. The van der Waals surface area contributed by atoms with Gasteiger partial charge in [-0.05, 0) is 17.7 Å². The monoisotopic (exact) mass is 258 g/mol. The quantitative estimate of drug-likeness (QED) is 0.762. The molecular formula is C8H6Cl4O. The Hall–Kier alpha value is 0.340. The van der Waals surface area contributed by atoms with Crippen molar-refractivity contribution < 1.29 is 5.11 Å². The molecule has 0 aliphatic heterocycles. The van der Waals surface area contributed by atoms with Crippen LogP contribution in [0.4, 0.5) is 0 Å². The van der Waals surface area contributed by atoms with E-state index in [1.165, 1.54) is 0 Å². The van der Waals surface area contributed by atoms with E-state index in [1.807, 2.05) is 0 Å². The normalized spacial score (nSPS) is 14.2. The van der Waals surface area contributed by atoms with Crippen LogP contribution in [0.15, 0.2) is 24.3 Å². The minimum absolute atomic E-state index is 0.518. The molecule has 0 saturated carbocycles. The maximum atomic E-state index is 9.51. The minimum Gasteiger partial charge on any atom is -0.384 e. The van der Waals surface area contributed by atoms with Crippen LogP contribution >= 0.6 is 46.4 Å². The van der Waals surface area contributed by atoms with Crippen molar-refractivity contribution in [2.75, 3.05) is 0 Å². The van der Waals surface area contributed by atoms with Crippen molar-refractivity contribution in [2.24, 2.45) is 0 Å². The number of hydrogen-bond acceptors (Lipinski definition) is 1. The molecule has 1 rings (SSSR count). The van der Waals surface area contributed by atoms with Gasteiger partial charge in [-0.3, -0.25) is 0 Å². The Morgan fingerprint density at radius 1 is 1.08 bits per heavy atom. The van der Waals surface area contributed by atoms with Crippen molar-refractivity contribution in [3.8, 4) is 0 Å². The van der Waals surface area contributed by atoms with Gasteiger partial charge in [0.1, 0.15) is 6.10 Å². The van der Waals surface area contributed by atoms with Crippen LogP contribution in [0.1, 0.15) is 11.7 Å². The third-order valence-electron chi connectivity index (χ3n) is 1.50. The van der Waals surface area contributed by atoms with Gasteiger partial charge in [0.25, 0.3) is 0 Å². The lowest BCUT2D eigenvalue weighted by molar-refractivity contribution is 0.182. The van der Waals surface area contributed by atoms with E-state index in [1.54, 1.807) is 24.3 Å². The molecule has 5 heteroatoms. The summed E-state index contributed by atoms with van der Waals surface area (Å²) in [6.45, 7) is 0.